The summed E-state index contributed by atoms with van der Waals surface area (Å²) in [7, 11) is 0. The van der Waals surface area contributed by atoms with Crippen LogP contribution in [0.4, 0.5) is 0 Å². The summed E-state index contributed by atoms with van der Waals surface area (Å²) in [6.07, 6.45) is 3.05. The molecule has 28 heavy (non-hydrogen) atoms. The van der Waals surface area contributed by atoms with Gasteiger partial charge in [-0.3, -0.25) is 14.2 Å². The summed E-state index contributed by atoms with van der Waals surface area (Å²) in [5, 5.41) is 1.26. The SMILES string of the molecule is CC(C)(C)OC(=O)CSc1nc2sc3c(c2c(=O)n1-c1ccccc1)CCC3. The smallest absolute Gasteiger partial charge is 0.316 e. The van der Waals surface area contributed by atoms with Crippen LogP contribution >= 0.6 is 23.1 Å². The van der Waals surface area contributed by atoms with Crippen LogP contribution in [0.1, 0.15) is 37.6 Å². The van der Waals surface area contributed by atoms with E-state index < -0.39 is 5.60 Å². The monoisotopic (exact) mass is 414 g/mol. The third-order valence-electron chi connectivity index (χ3n) is 4.46. The first-order chi connectivity index (χ1) is 13.3. The molecule has 146 valence electrons. The van der Waals surface area contributed by atoms with Crippen molar-refractivity contribution < 1.29 is 9.53 Å². The van der Waals surface area contributed by atoms with Crippen LogP contribution in [0.5, 0.6) is 0 Å². The highest BCUT2D eigenvalue weighted by molar-refractivity contribution is 7.99. The molecular weight excluding hydrogens is 392 g/mol. The van der Waals surface area contributed by atoms with E-state index >= 15 is 0 Å². The van der Waals surface area contributed by atoms with Crippen molar-refractivity contribution in [2.75, 3.05) is 5.75 Å². The molecule has 0 unspecified atom stereocenters. The summed E-state index contributed by atoms with van der Waals surface area (Å²) < 4.78 is 7.03. The summed E-state index contributed by atoms with van der Waals surface area (Å²) >= 11 is 2.85. The van der Waals surface area contributed by atoms with Crippen LogP contribution in [-0.2, 0) is 22.4 Å². The molecule has 7 heteroatoms. The maximum absolute atomic E-state index is 13.4. The standard InChI is InChI=1S/C21H22N2O3S2/c1-21(2,3)26-16(24)12-27-20-22-18-17(14-10-7-11-15(14)28-18)19(25)23(20)13-8-5-4-6-9-13/h4-6,8-9H,7,10-12H2,1-3H3. The predicted octanol–water partition coefficient (Wildman–Crippen LogP) is 4.37. The van der Waals surface area contributed by atoms with Crippen LogP contribution in [0.25, 0.3) is 15.9 Å². The van der Waals surface area contributed by atoms with E-state index in [0.717, 1.165) is 40.7 Å². The molecule has 0 amide bonds. The second kappa shape index (κ2) is 7.37. The van der Waals surface area contributed by atoms with E-state index in [-0.39, 0.29) is 17.3 Å². The van der Waals surface area contributed by atoms with Crippen molar-refractivity contribution in [3.8, 4) is 5.69 Å². The van der Waals surface area contributed by atoms with Gasteiger partial charge in [-0.15, -0.1) is 11.3 Å². The second-order valence-electron chi connectivity index (χ2n) is 7.78. The third kappa shape index (κ3) is 3.73. The zero-order valence-corrected chi connectivity index (χ0v) is 17.8. The summed E-state index contributed by atoms with van der Waals surface area (Å²) in [5.74, 6) is -0.215. The number of hydrogen-bond acceptors (Lipinski definition) is 6. The number of carbonyl (C=O) groups excluding carboxylic acids is 1. The quantitative estimate of drug-likeness (QED) is 0.360. The van der Waals surface area contributed by atoms with Gasteiger partial charge >= 0.3 is 5.97 Å². The van der Waals surface area contributed by atoms with E-state index in [1.807, 2.05) is 51.1 Å². The molecule has 0 saturated heterocycles. The molecule has 1 aromatic carbocycles. The predicted molar refractivity (Wildman–Crippen MR) is 114 cm³/mol. The van der Waals surface area contributed by atoms with E-state index in [9.17, 15) is 9.59 Å². The van der Waals surface area contributed by atoms with Gasteiger partial charge in [0.1, 0.15) is 10.4 Å². The van der Waals surface area contributed by atoms with Gasteiger partial charge in [0.05, 0.1) is 16.8 Å². The molecule has 2 aromatic heterocycles. The van der Waals surface area contributed by atoms with Gasteiger partial charge in [-0.1, -0.05) is 30.0 Å². The van der Waals surface area contributed by atoms with Crippen LogP contribution in [0, 0.1) is 0 Å². The number of esters is 1. The number of hydrogen-bond donors (Lipinski definition) is 0. The normalized spacial score (nSPS) is 13.7. The van der Waals surface area contributed by atoms with Crippen LogP contribution in [0.15, 0.2) is 40.3 Å². The number of aromatic nitrogens is 2. The molecule has 0 N–H and O–H groups in total. The van der Waals surface area contributed by atoms with Gasteiger partial charge in [-0.05, 0) is 57.7 Å². The number of fused-ring (bicyclic) bond motifs is 3. The second-order valence-corrected chi connectivity index (χ2v) is 9.81. The Morgan fingerprint density at radius 2 is 2.00 bits per heavy atom. The number of carbonyl (C=O) groups is 1. The van der Waals surface area contributed by atoms with Gasteiger partial charge in [0.15, 0.2) is 5.16 Å². The summed E-state index contributed by atoms with van der Waals surface area (Å²) in [5.41, 5.74) is 1.32. The highest BCUT2D eigenvalue weighted by Gasteiger charge is 2.24. The Bertz CT molecular complexity index is 1090. The van der Waals surface area contributed by atoms with Gasteiger partial charge in [0.2, 0.25) is 0 Å². The first-order valence-electron chi connectivity index (χ1n) is 9.31. The largest absolute Gasteiger partial charge is 0.459 e. The topological polar surface area (TPSA) is 61.2 Å². The molecule has 4 rings (SSSR count). The summed E-state index contributed by atoms with van der Waals surface area (Å²) in [4.78, 5) is 32.5. The zero-order valence-electron chi connectivity index (χ0n) is 16.2. The lowest BCUT2D eigenvalue weighted by Crippen LogP contribution is -2.26. The van der Waals surface area contributed by atoms with Gasteiger partial charge in [0, 0.05) is 4.88 Å². The minimum Gasteiger partial charge on any atom is -0.459 e. The van der Waals surface area contributed by atoms with E-state index in [4.69, 9.17) is 9.72 Å². The lowest BCUT2D eigenvalue weighted by atomic mass is 10.2. The Labute approximate surface area is 171 Å². The molecule has 3 aromatic rings. The first-order valence-corrected chi connectivity index (χ1v) is 11.1. The number of rotatable bonds is 4. The number of ether oxygens (including phenoxy) is 1. The Hall–Kier alpha value is -2.12. The van der Waals surface area contributed by atoms with Crippen molar-refractivity contribution in [1.82, 2.24) is 9.55 Å². The van der Waals surface area contributed by atoms with E-state index in [0.29, 0.717) is 5.16 Å². The Morgan fingerprint density at radius 1 is 1.25 bits per heavy atom. The Balaban J connectivity index is 1.79. The van der Waals surface area contributed by atoms with Crippen LogP contribution in [0.2, 0.25) is 0 Å². The van der Waals surface area contributed by atoms with Crippen molar-refractivity contribution in [3.63, 3.8) is 0 Å². The van der Waals surface area contributed by atoms with Gasteiger partial charge in [0.25, 0.3) is 5.56 Å². The molecule has 0 bridgehead atoms. The number of benzene rings is 1. The molecule has 1 aliphatic carbocycles. The minimum atomic E-state index is -0.539. The summed E-state index contributed by atoms with van der Waals surface area (Å²) in [6, 6.07) is 9.48. The Morgan fingerprint density at radius 3 is 2.71 bits per heavy atom. The molecule has 0 atom stereocenters. The molecule has 0 fully saturated rings. The highest BCUT2D eigenvalue weighted by atomic mass is 32.2. The maximum Gasteiger partial charge on any atom is 0.316 e. The Kier molecular flexibility index (Phi) is 5.05. The zero-order chi connectivity index (χ0) is 19.9. The van der Waals surface area contributed by atoms with Crippen molar-refractivity contribution in [2.24, 2.45) is 0 Å². The van der Waals surface area contributed by atoms with Gasteiger partial charge < -0.3 is 4.74 Å². The van der Waals surface area contributed by atoms with Crippen LogP contribution in [0.3, 0.4) is 0 Å². The number of nitrogens with zero attached hydrogens (tertiary/aromatic N) is 2. The lowest BCUT2D eigenvalue weighted by Gasteiger charge is -2.19. The molecule has 0 radical (unpaired) electrons. The molecule has 0 spiro atoms. The van der Waals surface area contributed by atoms with Crippen molar-refractivity contribution in [1.29, 1.82) is 0 Å². The molecule has 2 heterocycles. The summed E-state index contributed by atoms with van der Waals surface area (Å²) in [6.45, 7) is 5.52. The number of aryl methyl sites for hydroxylation is 2. The number of thiophene rings is 1. The third-order valence-corrected chi connectivity index (χ3v) is 6.56. The minimum absolute atomic E-state index is 0.0534. The van der Waals surface area contributed by atoms with Crippen LogP contribution < -0.4 is 5.56 Å². The molecule has 0 saturated carbocycles. The van der Waals surface area contributed by atoms with E-state index in [1.165, 1.54) is 16.6 Å². The molecule has 0 aliphatic heterocycles. The first kappa shape index (κ1) is 19.2. The van der Waals surface area contributed by atoms with Crippen molar-refractivity contribution in [2.45, 2.75) is 50.8 Å². The molecule has 1 aliphatic rings. The molecular formula is C21H22N2O3S2. The number of para-hydroxylation sites is 1. The van der Waals surface area contributed by atoms with Crippen molar-refractivity contribution in [3.05, 3.63) is 51.1 Å². The van der Waals surface area contributed by atoms with E-state index in [1.54, 1.807) is 15.9 Å². The van der Waals surface area contributed by atoms with Crippen LogP contribution in [-0.4, -0.2) is 26.9 Å². The molecule has 5 nitrogen and oxygen atoms in total. The van der Waals surface area contributed by atoms with Gasteiger partial charge in [-0.2, -0.15) is 0 Å². The number of thioether (sulfide) groups is 1. The maximum atomic E-state index is 13.4. The fourth-order valence-electron chi connectivity index (χ4n) is 3.42. The lowest BCUT2D eigenvalue weighted by molar-refractivity contribution is -0.151. The average molecular weight is 415 g/mol. The fourth-order valence-corrected chi connectivity index (χ4v) is 5.51. The highest BCUT2D eigenvalue weighted by Crippen LogP contribution is 2.36. The average Bonchev–Trinajstić information content (AvgIpc) is 3.20. The fraction of sp³-hybridized carbons (Fsp3) is 0.381. The van der Waals surface area contributed by atoms with Gasteiger partial charge in [-0.25, -0.2) is 4.98 Å². The van der Waals surface area contributed by atoms with Crippen molar-refractivity contribution >= 4 is 39.3 Å². The van der Waals surface area contributed by atoms with E-state index in [2.05, 4.69) is 0 Å².